The molecule has 0 aromatic carbocycles. The summed E-state index contributed by atoms with van der Waals surface area (Å²) in [7, 11) is 2.02. The molecule has 3 rings (SSSR count). The quantitative estimate of drug-likeness (QED) is 0.386. The normalized spacial score (nSPS) is 24.1. The van der Waals surface area contributed by atoms with Crippen molar-refractivity contribution in [2.75, 3.05) is 13.1 Å². The molecule has 1 unspecified atom stereocenters. The van der Waals surface area contributed by atoms with Gasteiger partial charge < -0.3 is 14.8 Å². The van der Waals surface area contributed by atoms with Crippen molar-refractivity contribution >= 4 is 29.9 Å². The van der Waals surface area contributed by atoms with Crippen LogP contribution in [-0.4, -0.2) is 44.8 Å². The Morgan fingerprint density at radius 3 is 2.63 bits per heavy atom. The molecule has 2 fully saturated rings. The van der Waals surface area contributed by atoms with E-state index in [1.54, 1.807) is 0 Å². The summed E-state index contributed by atoms with van der Waals surface area (Å²) in [5, 5.41) is 12.2. The zero-order valence-electron chi connectivity index (χ0n) is 17.5. The van der Waals surface area contributed by atoms with E-state index in [1.165, 1.54) is 51.4 Å². The highest BCUT2D eigenvalue weighted by atomic mass is 127. The van der Waals surface area contributed by atoms with E-state index in [0.717, 1.165) is 30.7 Å². The fourth-order valence-electron chi connectivity index (χ4n) is 4.53. The van der Waals surface area contributed by atoms with Gasteiger partial charge in [0.2, 0.25) is 0 Å². The molecule has 0 radical (unpaired) electrons. The van der Waals surface area contributed by atoms with Gasteiger partial charge in [-0.2, -0.15) is 0 Å². The van der Waals surface area contributed by atoms with Crippen LogP contribution < -0.4 is 5.32 Å². The topological polar surface area (TPSA) is 58.3 Å². The molecule has 7 heteroatoms. The molecule has 6 nitrogen and oxygen atoms in total. The maximum absolute atomic E-state index is 4.99. The molecule has 1 atom stereocenters. The highest BCUT2D eigenvalue weighted by molar-refractivity contribution is 14.0. The van der Waals surface area contributed by atoms with Crippen LogP contribution in [-0.2, 0) is 13.6 Å². The molecular formula is C20H37IN6. The van der Waals surface area contributed by atoms with Crippen molar-refractivity contribution in [3.63, 3.8) is 0 Å². The Bertz CT molecular complexity index is 618. The summed E-state index contributed by atoms with van der Waals surface area (Å²) >= 11 is 0. The number of nitrogens with zero attached hydrogens (tertiary/aromatic N) is 5. The predicted molar refractivity (Wildman–Crippen MR) is 122 cm³/mol. The third-order valence-electron chi connectivity index (χ3n) is 6.18. The third kappa shape index (κ3) is 5.81. The van der Waals surface area contributed by atoms with Crippen LogP contribution in [0.5, 0.6) is 0 Å². The molecule has 1 saturated carbocycles. The number of nitrogens with one attached hydrogen (secondary N) is 1. The Morgan fingerprint density at radius 1 is 1.26 bits per heavy atom. The summed E-state index contributed by atoms with van der Waals surface area (Å²) in [6.45, 7) is 9.54. The van der Waals surface area contributed by atoms with Gasteiger partial charge in [-0.15, -0.1) is 34.2 Å². The van der Waals surface area contributed by atoms with Gasteiger partial charge in [-0.25, -0.2) is 4.99 Å². The number of aliphatic imine (C=N–C) groups is 1. The summed E-state index contributed by atoms with van der Waals surface area (Å²) < 4.78 is 2.04. The lowest BCUT2D eigenvalue weighted by Gasteiger charge is -2.42. The Labute approximate surface area is 181 Å². The number of likely N-dealkylation sites (tertiary alicyclic amines) is 1. The number of guanidine groups is 1. The lowest BCUT2D eigenvalue weighted by Crippen LogP contribution is -2.51. The summed E-state index contributed by atoms with van der Waals surface area (Å²) in [6, 6.07) is 0.578. The Balaban J connectivity index is 0.00000261. The molecule has 0 bridgehead atoms. The van der Waals surface area contributed by atoms with E-state index in [4.69, 9.17) is 4.99 Å². The third-order valence-corrected chi connectivity index (χ3v) is 6.18. The van der Waals surface area contributed by atoms with E-state index in [2.05, 4.69) is 34.3 Å². The van der Waals surface area contributed by atoms with Crippen LogP contribution in [0, 0.1) is 12.3 Å². The van der Waals surface area contributed by atoms with Crippen molar-refractivity contribution in [1.29, 1.82) is 0 Å². The summed E-state index contributed by atoms with van der Waals surface area (Å²) in [4.78, 5) is 7.49. The molecular weight excluding hydrogens is 451 g/mol. The van der Waals surface area contributed by atoms with Gasteiger partial charge >= 0.3 is 0 Å². The molecule has 2 aliphatic rings. The first-order valence-electron chi connectivity index (χ1n) is 10.4. The van der Waals surface area contributed by atoms with Crippen LogP contribution >= 0.6 is 24.0 Å². The molecule has 0 spiro atoms. The first-order valence-corrected chi connectivity index (χ1v) is 10.4. The maximum Gasteiger partial charge on any atom is 0.194 e. The number of halogens is 1. The number of rotatable bonds is 5. The minimum absolute atomic E-state index is 0. The van der Waals surface area contributed by atoms with Gasteiger partial charge in [-0.1, -0.05) is 33.1 Å². The maximum atomic E-state index is 4.99. The van der Waals surface area contributed by atoms with Crippen LogP contribution in [0.15, 0.2) is 4.99 Å². The van der Waals surface area contributed by atoms with Crippen LogP contribution in [0.1, 0.15) is 76.9 Å². The second-order valence-electron chi connectivity index (χ2n) is 8.57. The van der Waals surface area contributed by atoms with E-state index < -0.39 is 0 Å². The summed E-state index contributed by atoms with van der Waals surface area (Å²) in [6.07, 6.45) is 10.3. The van der Waals surface area contributed by atoms with Crippen LogP contribution in [0.3, 0.4) is 0 Å². The van der Waals surface area contributed by atoms with Crippen molar-refractivity contribution < 1.29 is 0 Å². The molecule has 1 aromatic heterocycles. The van der Waals surface area contributed by atoms with Crippen molar-refractivity contribution in [2.24, 2.45) is 17.5 Å². The largest absolute Gasteiger partial charge is 0.353 e. The second-order valence-corrected chi connectivity index (χ2v) is 8.57. The SMILES string of the molecule is CCCC1(C)CCCN(C(=NCc2nnc(C)n2C)NC2CCCC2)C1.I. The van der Waals surface area contributed by atoms with Gasteiger partial charge in [-0.3, -0.25) is 0 Å². The van der Waals surface area contributed by atoms with Gasteiger partial charge in [0.15, 0.2) is 11.8 Å². The average Bonchev–Trinajstić information content (AvgIpc) is 3.23. The average molecular weight is 488 g/mol. The lowest BCUT2D eigenvalue weighted by atomic mass is 9.78. The van der Waals surface area contributed by atoms with E-state index in [1.807, 2.05) is 18.5 Å². The number of hydrogen-bond acceptors (Lipinski definition) is 3. The molecule has 2 heterocycles. The second kappa shape index (κ2) is 10.1. The molecule has 1 aliphatic heterocycles. The van der Waals surface area contributed by atoms with E-state index in [0.29, 0.717) is 18.0 Å². The number of hydrogen-bond donors (Lipinski definition) is 1. The Hall–Kier alpha value is -0.860. The number of aromatic nitrogens is 3. The van der Waals surface area contributed by atoms with Gasteiger partial charge in [0.05, 0.1) is 0 Å². The number of aryl methyl sites for hydroxylation is 1. The lowest BCUT2D eigenvalue weighted by molar-refractivity contribution is 0.141. The van der Waals surface area contributed by atoms with E-state index in [9.17, 15) is 0 Å². The zero-order chi connectivity index (χ0) is 18.6. The van der Waals surface area contributed by atoms with E-state index in [-0.39, 0.29) is 24.0 Å². The number of piperidine rings is 1. The van der Waals surface area contributed by atoms with Gasteiger partial charge in [0.1, 0.15) is 12.4 Å². The fraction of sp³-hybridized carbons (Fsp3) is 0.850. The molecule has 154 valence electrons. The Morgan fingerprint density at radius 2 is 2.00 bits per heavy atom. The van der Waals surface area contributed by atoms with Crippen LogP contribution in [0.2, 0.25) is 0 Å². The molecule has 27 heavy (non-hydrogen) atoms. The van der Waals surface area contributed by atoms with E-state index >= 15 is 0 Å². The van der Waals surface area contributed by atoms with Gasteiger partial charge in [0, 0.05) is 26.2 Å². The van der Waals surface area contributed by atoms with Crippen molar-refractivity contribution in [2.45, 2.75) is 84.7 Å². The highest BCUT2D eigenvalue weighted by Gasteiger charge is 2.32. The Kier molecular flexibility index (Phi) is 8.37. The molecule has 1 N–H and O–H groups in total. The minimum atomic E-state index is 0. The van der Waals surface area contributed by atoms with Crippen molar-refractivity contribution in [3.8, 4) is 0 Å². The first kappa shape index (κ1) is 22.4. The van der Waals surface area contributed by atoms with Crippen LogP contribution in [0.25, 0.3) is 0 Å². The zero-order valence-corrected chi connectivity index (χ0v) is 19.8. The molecule has 1 saturated heterocycles. The minimum Gasteiger partial charge on any atom is -0.353 e. The van der Waals surface area contributed by atoms with Crippen molar-refractivity contribution in [1.82, 2.24) is 25.0 Å². The van der Waals surface area contributed by atoms with Gasteiger partial charge in [0.25, 0.3) is 0 Å². The monoisotopic (exact) mass is 488 g/mol. The molecule has 0 amide bonds. The summed E-state index contributed by atoms with van der Waals surface area (Å²) in [5.41, 5.74) is 0.409. The van der Waals surface area contributed by atoms with Crippen molar-refractivity contribution in [3.05, 3.63) is 11.6 Å². The van der Waals surface area contributed by atoms with Crippen LogP contribution in [0.4, 0.5) is 0 Å². The fourth-order valence-corrected chi connectivity index (χ4v) is 4.53. The molecule has 1 aliphatic carbocycles. The smallest absolute Gasteiger partial charge is 0.194 e. The molecule has 1 aromatic rings. The van der Waals surface area contributed by atoms with Gasteiger partial charge in [-0.05, 0) is 44.4 Å². The highest BCUT2D eigenvalue weighted by Crippen LogP contribution is 2.34. The predicted octanol–water partition coefficient (Wildman–Crippen LogP) is 4.03. The first-order chi connectivity index (χ1) is 12.5. The summed E-state index contributed by atoms with van der Waals surface area (Å²) in [5.74, 6) is 2.95. The standard InChI is InChI=1S/C20H36N6.HI/c1-5-11-20(3)12-8-13-26(15-20)19(22-17-9-6-7-10-17)21-14-18-24-23-16(2)25(18)4;/h17H,5-15H2,1-4H3,(H,21,22);1H.